The Hall–Kier alpha value is -4.06. The highest BCUT2D eigenvalue weighted by molar-refractivity contribution is 6.09. The molecule has 0 spiro atoms. The Bertz CT molecular complexity index is 1430. The average Bonchev–Trinajstić information content (AvgIpc) is 3.30. The first kappa shape index (κ1) is 20.8. The van der Waals surface area contributed by atoms with E-state index < -0.39 is 18.0 Å². The zero-order chi connectivity index (χ0) is 23.1. The maximum Gasteiger partial charge on any atom is 0.356 e. The Morgan fingerprint density at radius 2 is 1.76 bits per heavy atom. The van der Waals surface area contributed by atoms with Gasteiger partial charge in [0.25, 0.3) is 0 Å². The molecule has 6 heteroatoms. The van der Waals surface area contributed by atoms with Gasteiger partial charge in [0.05, 0.1) is 6.61 Å². The van der Waals surface area contributed by atoms with Crippen LogP contribution in [0.1, 0.15) is 24.2 Å². The molecule has 33 heavy (non-hydrogen) atoms. The van der Waals surface area contributed by atoms with E-state index in [9.17, 15) is 9.59 Å². The Morgan fingerprint density at radius 3 is 2.52 bits per heavy atom. The maximum absolute atomic E-state index is 13.0. The molecule has 1 aromatic heterocycles. The molecule has 1 unspecified atom stereocenters. The Morgan fingerprint density at radius 1 is 1.03 bits per heavy atom. The van der Waals surface area contributed by atoms with Gasteiger partial charge in [-0.05, 0) is 49.7 Å². The number of benzene rings is 3. The third-order valence-corrected chi connectivity index (χ3v) is 6.02. The van der Waals surface area contributed by atoms with Crippen LogP contribution in [0, 0.1) is 6.92 Å². The van der Waals surface area contributed by atoms with E-state index in [0.29, 0.717) is 5.69 Å². The van der Waals surface area contributed by atoms with Crippen LogP contribution in [0.2, 0.25) is 0 Å². The summed E-state index contributed by atoms with van der Waals surface area (Å²) in [5, 5.41) is 5.21. The monoisotopic (exact) mass is 440 g/mol. The molecular formula is C27H24N2O4. The Balaban J connectivity index is 1.63. The number of nitrogens with zero attached hydrogens (tertiary/aromatic N) is 1. The number of fused-ring (bicyclic) bond motifs is 3. The van der Waals surface area contributed by atoms with Gasteiger partial charge in [0.15, 0.2) is 6.10 Å². The van der Waals surface area contributed by atoms with Crippen molar-refractivity contribution >= 4 is 39.4 Å². The van der Waals surface area contributed by atoms with E-state index in [0.717, 1.165) is 32.9 Å². The first-order chi connectivity index (χ1) is 16.0. The highest BCUT2D eigenvalue weighted by Crippen LogP contribution is 2.39. The summed E-state index contributed by atoms with van der Waals surface area (Å²) in [6.45, 7) is 3.92. The van der Waals surface area contributed by atoms with Gasteiger partial charge in [-0.2, -0.15) is 0 Å². The lowest BCUT2D eigenvalue weighted by atomic mass is 9.99. The van der Waals surface area contributed by atoms with Crippen molar-refractivity contribution in [2.24, 2.45) is 7.05 Å². The van der Waals surface area contributed by atoms with Gasteiger partial charge in [-0.25, -0.2) is 9.59 Å². The normalized spacial score (nSPS) is 15.8. The molecule has 1 aliphatic rings. The lowest BCUT2D eigenvalue weighted by Crippen LogP contribution is -2.16. The van der Waals surface area contributed by atoms with Crippen molar-refractivity contribution in [1.82, 2.24) is 4.57 Å². The average molecular weight is 440 g/mol. The molecule has 0 aliphatic carbocycles. The summed E-state index contributed by atoms with van der Waals surface area (Å²) in [6.07, 6.45) is -0.854. The van der Waals surface area contributed by atoms with Gasteiger partial charge in [-0.15, -0.1) is 0 Å². The number of carbonyl (C=O) groups is 2. The molecule has 0 radical (unpaired) electrons. The minimum Gasteiger partial charge on any atom is -0.462 e. The fraction of sp³-hybridized carbons (Fsp3) is 0.185. The number of anilines is 1. The SMILES string of the molecule is CCOC(=O)C1=C(Nc2ccc(C)cc2)C(=O)OC1c1ccc2c(c1)c1ccccc1n2C. The van der Waals surface area contributed by atoms with Gasteiger partial charge in [-0.1, -0.05) is 42.0 Å². The van der Waals surface area contributed by atoms with Crippen LogP contribution >= 0.6 is 0 Å². The van der Waals surface area contributed by atoms with Gasteiger partial charge < -0.3 is 19.4 Å². The smallest absolute Gasteiger partial charge is 0.356 e. The number of ether oxygens (including phenoxy) is 2. The van der Waals surface area contributed by atoms with Crippen LogP contribution in [-0.4, -0.2) is 23.1 Å². The molecule has 1 aliphatic heterocycles. The van der Waals surface area contributed by atoms with E-state index in [1.807, 2.05) is 68.6 Å². The molecule has 1 atom stereocenters. The summed E-state index contributed by atoms with van der Waals surface area (Å²) in [5.74, 6) is -1.15. The van der Waals surface area contributed by atoms with Crippen LogP contribution in [0.5, 0.6) is 0 Å². The predicted molar refractivity (Wildman–Crippen MR) is 128 cm³/mol. The predicted octanol–water partition coefficient (Wildman–Crippen LogP) is 5.17. The minimum absolute atomic E-state index is 0.111. The van der Waals surface area contributed by atoms with E-state index in [4.69, 9.17) is 9.47 Å². The number of aromatic nitrogens is 1. The summed E-state index contributed by atoms with van der Waals surface area (Å²) in [6, 6.07) is 21.6. The number of aryl methyl sites for hydroxylation is 2. The van der Waals surface area contributed by atoms with Crippen molar-refractivity contribution in [2.45, 2.75) is 20.0 Å². The van der Waals surface area contributed by atoms with E-state index in [-0.39, 0.29) is 17.9 Å². The van der Waals surface area contributed by atoms with Crippen molar-refractivity contribution in [1.29, 1.82) is 0 Å². The largest absolute Gasteiger partial charge is 0.462 e. The van der Waals surface area contributed by atoms with E-state index in [1.165, 1.54) is 0 Å². The Labute approximate surface area is 191 Å². The van der Waals surface area contributed by atoms with Gasteiger partial charge >= 0.3 is 11.9 Å². The van der Waals surface area contributed by atoms with Crippen molar-refractivity contribution in [3.63, 3.8) is 0 Å². The highest BCUT2D eigenvalue weighted by atomic mass is 16.6. The van der Waals surface area contributed by atoms with Crippen LogP contribution in [0.4, 0.5) is 5.69 Å². The molecule has 0 fully saturated rings. The number of rotatable bonds is 5. The second kappa shape index (κ2) is 8.13. The van der Waals surface area contributed by atoms with Gasteiger partial charge in [0, 0.05) is 34.5 Å². The molecule has 3 aromatic carbocycles. The van der Waals surface area contributed by atoms with Crippen LogP contribution in [0.15, 0.2) is 78.0 Å². The molecule has 1 N–H and O–H groups in total. The summed E-state index contributed by atoms with van der Waals surface area (Å²) in [4.78, 5) is 25.8. The number of hydrogen-bond acceptors (Lipinski definition) is 5. The second-order valence-corrected chi connectivity index (χ2v) is 8.14. The minimum atomic E-state index is -0.854. The molecule has 6 nitrogen and oxygen atoms in total. The van der Waals surface area contributed by atoms with Crippen molar-refractivity contribution < 1.29 is 19.1 Å². The molecular weight excluding hydrogens is 416 g/mol. The molecule has 0 bridgehead atoms. The third kappa shape index (κ3) is 3.53. The number of cyclic esters (lactones) is 1. The summed E-state index contributed by atoms with van der Waals surface area (Å²) < 4.78 is 13.1. The highest BCUT2D eigenvalue weighted by Gasteiger charge is 2.40. The fourth-order valence-electron chi connectivity index (χ4n) is 4.37. The van der Waals surface area contributed by atoms with E-state index in [1.54, 1.807) is 6.92 Å². The van der Waals surface area contributed by atoms with Crippen molar-refractivity contribution in [2.75, 3.05) is 11.9 Å². The van der Waals surface area contributed by atoms with Gasteiger partial charge in [0.2, 0.25) is 0 Å². The van der Waals surface area contributed by atoms with Gasteiger partial charge in [0.1, 0.15) is 11.3 Å². The van der Waals surface area contributed by atoms with Crippen molar-refractivity contribution in [3.8, 4) is 0 Å². The molecule has 5 rings (SSSR count). The number of carbonyl (C=O) groups excluding carboxylic acids is 2. The Kier molecular flexibility index (Phi) is 5.13. The first-order valence-electron chi connectivity index (χ1n) is 10.9. The molecule has 4 aromatic rings. The molecule has 0 saturated carbocycles. The fourth-order valence-corrected chi connectivity index (χ4v) is 4.37. The zero-order valence-electron chi connectivity index (χ0n) is 18.7. The zero-order valence-corrected chi connectivity index (χ0v) is 18.7. The third-order valence-electron chi connectivity index (χ3n) is 6.02. The summed E-state index contributed by atoms with van der Waals surface area (Å²) in [5.41, 5.74) is 4.97. The molecule has 0 saturated heterocycles. The van der Waals surface area contributed by atoms with E-state index in [2.05, 4.69) is 22.0 Å². The van der Waals surface area contributed by atoms with Crippen molar-refractivity contribution in [3.05, 3.63) is 89.1 Å². The lowest BCUT2D eigenvalue weighted by Gasteiger charge is -2.14. The number of esters is 2. The quantitative estimate of drug-likeness (QED) is 0.434. The van der Waals surface area contributed by atoms with Crippen LogP contribution in [0.25, 0.3) is 21.8 Å². The standard InChI is InChI=1S/C27H24N2O4/c1-4-32-26(30)23-24(28-18-12-9-16(2)10-13-18)27(31)33-25(23)17-11-14-22-20(15-17)19-7-5-6-8-21(19)29(22)3/h5-15,25,28H,4H2,1-3H3. The van der Waals surface area contributed by atoms with Crippen LogP contribution < -0.4 is 5.32 Å². The number of nitrogens with one attached hydrogen (secondary N) is 1. The number of para-hydroxylation sites is 1. The van der Waals surface area contributed by atoms with Crippen LogP contribution in [-0.2, 0) is 26.1 Å². The molecule has 0 amide bonds. The summed E-state index contributed by atoms with van der Waals surface area (Å²) in [7, 11) is 2.02. The second-order valence-electron chi connectivity index (χ2n) is 8.14. The molecule has 166 valence electrons. The first-order valence-corrected chi connectivity index (χ1v) is 10.9. The summed E-state index contributed by atoms with van der Waals surface area (Å²) >= 11 is 0. The van der Waals surface area contributed by atoms with Crippen LogP contribution in [0.3, 0.4) is 0 Å². The van der Waals surface area contributed by atoms with E-state index >= 15 is 0 Å². The topological polar surface area (TPSA) is 69.6 Å². The molecule has 2 heterocycles. The van der Waals surface area contributed by atoms with Gasteiger partial charge in [-0.3, -0.25) is 0 Å². The lowest BCUT2D eigenvalue weighted by molar-refractivity contribution is -0.142. The number of hydrogen-bond donors (Lipinski definition) is 1. The maximum atomic E-state index is 13.0.